The molecule has 0 aromatic heterocycles. The average molecular weight is 398 g/mol. The first-order valence-corrected chi connectivity index (χ1v) is 10.2. The Kier molecular flexibility index (Phi) is 5.36. The van der Waals surface area contributed by atoms with Crippen molar-refractivity contribution >= 4 is 29.3 Å². The van der Waals surface area contributed by atoms with E-state index in [9.17, 15) is 19.2 Å². The van der Waals surface area contributed by atoms with Crippen LogP contribution >= 0.6 is 0 Å². The molecule has 4 amide bonds. The van der Waals surface area contributed by atoms with Crippen LogP contribution in [0.1, 0.15) is 43.0 Å². The Bertz CT molecular complexity index is 824. The van der Waals surface area contributed by atoms with Crippen molar-refractivity contribution in [2.24, 2.45) is 0 Å². The summed E-state index contributed by atoms with van der Waals surface area (Å²) >= 11 is 0. The highest BCUT2D eigenvalue weighted by Gasteiger charge is 2.48. The molecule has 2 aliphatic heterocycles. The van der Waals surface area contributed by atoms with E-state index >= 15 is 0 Å². The number of carbonyl (C=O) groups is 4. The van der Waals surface area contributed by atoms with Crippen LogP contribution in [0.5, 0.6) is 0 Å². The minimum atomic E-state index is -0.704. The summed E-state index contributed by atoms with van der Waals surface area (Å²) in [7, 11) is 0. The standard InChI is InChI=1S/C21H26N4O4/c1-15(26)16-6-8-17(9-7-16)23-12-10-22(11-13-23)14-24-19(27)20(28)25(21(24)29)18-4-2-3-5-18/h6-9,18H,2-5,10-14H2,1H3. The van der Waals surface area contributed by atoms with Crippen LogP contribution in [0.25, 0.3) is 0 Å². The van der Waals surface area contributed by atoms with Crippen LogP contribution in [0, 0.1) is 0 Å². The minimum Gasteiger partial charge on any atom is -0.369 e. The molecule has 1 saturated carbocycles. The number of hydrogen-bond acceptors (Lipinski definition) is 6. The maximum atomic E-state index is 12.7. The van der Waals surface area contributed by atoms with E-state index in [0.717, 1.165) is 49.4 Å². The summed E-state index contributed by atoms with van der Waals surface area (Å²) in [5.41, 5.74) is 1.74. The van der Waals surface area contributed by atoms with Crippen molar-refractivity contribution in [3.05, 3.63) is 29.8 Å². The molecule has 8 heteroatoms. The van der Waals surface area contributed by atoms with Crippen LogP contribution in [0.4, 0.5) is 10.5 Å². The van der Waals surface area contributed by atoms with Gasteiger partial charge in [0, 0.05) is 43.5 Å². The highest BCUT2D eigenvalue weighted by atomic mass is 16.2. The molecule has 0 atom stereocenters. The van der Waals surface area contributed by atoms with Crippen LogP contribution in [0.3, 0.4) is 0 Å². The lowest BCUT2D eigenvalue weighted by atomic mass is 10.1. The predicted molar refractivity (Wildman–Crippen MR) is 106 cm³/mol. The van der Waals surface area contributed by atoms with Gasteiger partial charge < -0.3 is 4.90 Å². The zero-order valence-corrected chi connectivity index (χ0v) is 16.7. The fourth-order valence-corrected chi connectivity index (χ4v) is 4.39. The number of carbonyl (C=O) groups excluding carboxylic acids is 4. The summed E-state index contributed by atoms with van der Waals surface area (Å²) in [5, 5.41) is 0. The van der Waals surface area contributed by atoms with Gasteiger partial charge in [0.25, 0.3) is 0 Å². The van der Waals surface area contributed by atoms with E-state index in [2.05, 4.69) is 4.90 Å². The first-order valence-electron chi connectivity index (χ1n) is 10.2. The molecular formula is C21H26N4O4. The second-order valence-electron chi connectivity index (χ2n) is 7.98. The Balaban J connectivity index is 1.34. The molecule has 0 bridgehead atoms. The first-order chi connectivity index (χ1) is 14.0. The predicted octanol–water partition coefficient (Wildman–Crippen LogP) is 1.70. The third kappa shape index (κ3) is 3.76. The molecule has 3 fully saturated rings. The molecule has 3 aliphatic rings. The first kappa shape index (κ1) is 19.6. The van der Waals surface area contributed by atoms with Crippen LogP contribution in [-0.2, 0) is 9.59 Å². The number of piperazine rings is 1. The number of Topliss-reactive ketones (excluding diaryl/α,β-unsaturated/α-hetero) is 1. The lowest BCUT2D eigenvalue weighted by Gasteiger charge is -2.37. The van der Waals surface area contributed by atoms with Gasteiger partial charge in [-0.25, -0.2) is 9.69 Å². The van der Waals surface area contributed by atoms with Crippen LogP contribution in [0.2, 0.25) is 0 Å². The van der Waals surface area contributed by atoms with Gasteiger partial charge in [0.05, 0.1) is 6.67 Å². The van der Waals surface area contributed by atoms with Crippen molar-refractivity contribution in [2.75, 3.05) is 37.7 Å². The molecule has 2 saturated heterocycles. The summed E-state index contributed by atoms with van der Waals surface area (Å²) in [5.74, 6) is -1.34. The summed E-state index contributed by atoms with van der Waals surface area (Å²) in [6.07, 6.45) is 3.57. The Morgan fingerprint density at radius 2 is 1.55 bits per heavy atom. The molecule has 0 spiro atoms. The van der Waals surface area contributed by atoms with Gasteiger partial charge in [0.15, 0.2) is 5.78 Å². The van der Waals surface area contributed by atoms with Crippen molar-refractivity contribution in [1.29, 1.82) is 0 Å². The fourth-order valence-electron chi connectivity index (χ4n) is 4.39. The average Bonchev–Trinajstić information content (AvgIpc) is 3.32. The Morgan fingerprint density at radius 1 is 0.931 bits per heavy atom. The summed E-state index contributed by atoms with van der Waals surface area (Å²) < 4.78 is 0. The van der Waals surface area contributed by atoms with Crippen LogP contribution in [-0.4, -0.2) is 77.2 Å². The molecule has 0 N–H and O–H groups in total. The molecule has 1 aromatic carbocycles. The molecule has 1 aliphatic carbocycles. The van der Waals surface area contributed by atoms with Crippen LogP contribution < -0.4 is 4.90 Å². The summed E-state index contributed by atoms with van der Waals surface area (Å²) in [4.78, 5) is 55.4. The number of rotatable bonds is 5. The molecule has 0 unspecified atom stereocenters. The third-order valence-electron chi connectivity index (χ3n) is 6.13. The smallest absolute Gasteiger partial charge is 0.335 e. The van der Waals surface area contributed by atoms with Gasteiger partial charge in [-0.15, -0.1) is 0 Å². The van der Waals surface area contributed by atoms with Crippen molar-refractivity contribution in [3.8, 4) is 0 Å². The number of benzene rings is 1. The molecule has 4 rings (SSSR count). The van der Waals surface area contributed by atoms with E-state index in [0.29, 0.717) is 18.7 Å². The second-order valence-corrected chi connectivity index (χ2v) is 7.98. The zero-order chi connectivity index (χ0) is 20.5. The number of urea groups is 1. The topological polar surface area (TPSA) is 81.2 Å². The SMILES string of the molecule is CC(=O)c1ccc(N2CCN(CN3C(=O)C(=O)N(C4CCCC4)C3=O)CC2)cc1. The highest BCUT2D eigenvalue weighted by molar-refractivity contribution is 6.44. The number of anilines is 1. The van der Waals surface area contributed by atoms with Crippen molar-refractivity contribution in [1.82, 2.24) is 14.7 Å². The van der Waals surface area contributed by atoms with E-state index in [1.807, 2.05) is 29.2 Å². The quantitative estimate of drug-likeness (QED) is 0.427. The minimum absolute atomic E-state index is 0.0440. The Labute approximate surface area is 170 Å². The number of imide groups is 2. The van der Waals surface area contributed by atoms with Gasteiger partial charge in [0.2, 0.25) is 0 Å². The molecule has 1 aromatic rings. The summed E-state index contributed by atoms with van der Waals surface area (Å²) in [6.45, 7) is 4.56. The normalized spacial score (nSPS) is 21.6. The Morgan fingerprint density at radius 3 is 2.14 bits per heavy atom. The molecule has 154 valence electrons. The van der Waals surface area contributed by atoms with Gasteiger partial charge in [-0.3, -0.25) is 24.2 Å². The van der Waals surface area contributed by atoms with Gasteiger partial charge >= 0.3 is 17.8 Å². The van der Waals surface area contributed by atoms with E-state index in [1.54, 1.807) is 6.92 Å². The molecular weight excluding hydrogens is 372 g/mol. The van der Waals surface area contributed by atoms with E-state index in [4.69, 9.17) is 0 Å². The molecule has 29 heavy (non-hydrogen) atoms. The van der Waals surface area contributed by atoms with Gasteiger partial charge in [-0.2, -0.15) is 0 Å². The van der Waals surface area contributed by atoms with Gasteiger partial charge in [-0.05, 0) is 44.0 Å². The number of nitrogens with zero attached hydrogens (tertiary/aromatic N) is 4. The maximum Gasteiger partial charge on any atom is 0.335 e. The maximum absolute atomic E-state index is 12.7. The number of hydrogen-bond donors (Lipinski definition) is 0. The van der Waals surface area contributed by atoms with Gasteiger partial charge in [0.1, 0.15) is 0 Å². The van der Waals surface area contributed by atoms with E-state index < -0.39 is 17.8 Å². The van der Waals surface area contributed by atoms with Gasteiger partial charge in [-0.1, -0.05) is 12.8 Å². The largest absolute Gasteiger partial charge is 0.369 e. The third-order valence-corrected chi connectivity index (χ3v) is 6.13. The lowest BCUT2D eigenvalue weighted by Crippen LogP contribution is -2.51. The van der Waals surface area contributed by atoms with Crippen molar-refractivity contribution in [2.45, 2.75) is 38.6 Å². The lowest BCUT2D eigenvalue weighted by molar-refractivity contribution is -0.144. The Hall–Kier alpha value is -2.74. The monoisotopic (exact) mass is 398 g/mol. The van der Waals surface area contributed by atoms with E-state index in [-0.39, 0.29) is 18.5 Å². The van der Waals surface area contributed by atoms with Crippen LogP contribution in [0.15, 0.2) is 24.3 Å². The molecule has 8 nitrogen and oxygen atoms in total. The molecule has 0 radical (unpaired) electrons. The summed E-state index contributed by atoms with van der Waals surface area (Å²) in [6, 6.07) is 6.95. The van der Waals surface area contributed by atoms with Crippen molar-refractivity contribution in [3.63, 3.8) is 0 Å². The molecule has 2 heterocycles. The fraction of sp³-hybridized carbons (Fsp3) is 0.524. The van der Waals surface area contributed by atoms with Crippen molar-refractivity contribution < 1.29 is 19.2 Å². The van der Waals surface area contributed by atoms with E-state index in [1.165, 1.54) is 4.90 Å². The second kappa shape index (κ2) is 7.94. The highest BCUT2D eigenvalue weighted by Crippen LogP contribution is 2.28. The number of ketones is 1. The zero-order valence-electron chi connectivity index (χ0n) is 16.7. The number of amides is 4.